The van der Waals surface area contributed by atoms with Gasteiger partial charge in [-0.05, 0) is 36.2 Å². The summed E-state index contributed by atoms with van der Waals surface area (Å²) in [5.41, 5.74) is 3.35. The van der Waals surface area contributed by atoms with E-state index in [1.807, 2.05) is 24.3 Å². The highest BCUT2D eigenvalue weighted by Crippen LogP contribution is 2.21. The molecule has 0 bridgehead atoms. The molecule has 0 heterocycles. The van der Waals surface area contributed by atoms with Crippen LogP contribution in [0.25, 0.3) is 11.1 Å². The Hall–Kier alpha value is -1.76. The Bertz CT molecular complexity index is 429. The van der Waals surface area contributed by atoms with Crippen LogP contribution in [0.4, 0.5) is 0 Å². The molecule has 2 aromatic rings. The number of phenolic OH excluding ortho intramolecular Hbond substituents is 1. The summed E-state index contributed by atoms with van der Waals surface area (Å²) in [6.45, 7) is 2.05. The molecule has 0 aliphatic heterocycles. The highest BCUT2D eigenvalue weighted by molar-refractivity contribution is 5.64. The molecule has 14 heavy (non-hydrogen) atoms. The molecule has 0 aliphatic carbocycles. The lowest BCUT2D eigenvalue weighted by atomic mass is 10.0. The maximum Gasteiger partial charge on any atom is 0.115 e. The van der Waals surface area contributed by atoms with Crippen molar-refractivity contribution < 1.29 is 5.11 Å². The van der Waals surface area contributed by atoms with Crippen LogP contribution in [0, 0.1) is 13.0 Å². The van der Waals surface area contributed by atoms with Crippen molar-refractivity contribution in [3.63, 3.8) is 0 Å². The molecule has 0 spiro atoms. The van der Waals surface area contributed by atoms with Gasteiger partial charge in [0.05, 0.1) is 0 Å². The number of rotatable bonds is 1. The van der Waals surface area contributed by atoms with Gasteiger partial charge in [0.15, 0.2) is 0 Å². The van der Waals surface area contributed by atoms with Crippen molar-refractivity contribution in [2.24, 2.45) is 0 Å². The molecular weight excluding hydrogens is 172 g/mol. The third-order valence-electron chi connectivity index (χ3n) is 2.14. The van der Waals surface area contributed by atoms with E-state index >= 15 is 0 Å². The van der Waals surface area contributed by atoms with E-state index in [-0.39, 0.29) is 0 Å². The number of hydrogen-bond donors (Lipinski definition) is 1. The largest absolute Gasteiger partial charge is 0.508 e. The lowest BCUT2D eigenvalue weighted by molar-refractivity contribution is 0.475. The maximum atomic E-state index is 9.15. The topological polar surface area (TPSA) is 20.2 Å². The number of hydrogen-bond acceptors (Lipinski definition) is 1. The van der Waals surface area contributed by atoms with Gasteiger partial charge in [-0.1, -0.05) is 35.9 Å². The van der Waals surface area contributed by atoms with Gasteiger partial charge < -0.3 is 5.11 Å². The molecule has 2 rings (SSSR count). The van der Waals surface area contributed by atoms with Crippen molar-refractivity contribution in [3.8, 4) is 16.9 Å². The second-order valence-corrected chi connectivity index (χ2v) is 3.33. The minimum absolute atomic E-state index is 0.293. The third kappa shape index (κ3) is 1.77. The van der Waals surface area contributed by atoms with Gasteiger partial charge in [0.25, 0.3) is 0 Å². The third-order valence-corrected chi connectivity index (χ3v) is 2.14. The highest BCUT2D eigenvalue weighted by Gasteiger charge is 1.97. The fourth-order valence-electron chi connectivity index (χ4n) is 1.39. The zero-order valence-corrected chi connectivity index (χ0v) is 7.99. The molecule has 0 saturated heterocycles. The van der Waals surface area contributed by atoms with Gasteiger partial charge in [-0.2, -0.15) is 0 Å². The Morgan fingerprint density at radius 3 is 2.43 bits per heavy atom. The number of aromatic hydroxyl groups is 1. The molecule has 0 aromatic heterocycles. The predicted molar refractivity (Wildman–Crippen MR) is 57.1 cm³/mol. The van der Waals surface area contributed by atoms with E-state index in [0.717, 1.165) is 11.1 Å². The van der Waals surface area contributed by atoms with Crippen molar-refractivity contribution in [3.05, 3.63) is 54.1 Å². The summed E-state index contributed by atoms with van der Waals surface area (Å²) in [4.78, 5) is 0. The molecule has 0 aliphatic rings. The Balaban J connectivity index is 2.44. The first-order valence-corrected chi connectivity index (χ1v) is 4.53. The predicted octanol–water partition coefficient (Wildman–Crippen LogP) is 3.17. The van der Waals surface area contributed by atoms with E-state index in [9.17, 15) is 0 Å². The second-order valence-electron chi connectivity index (χ2n) is 3.33. The van der Waals surface area contributed by atoms with Gasteiger partial charge in [-0.3, -0.25) is 0 Å². The average Bonchev–Trinajstić information content (AvgIpc) is 2.19. The molecule has 0 amide bonds. The minimum Gasteiger partial charge on any atom is -0.508 e. The standard InChI is InChI=1S/C13H11O/c1-10-3-2-4-12(9-10)11-5-7-13(14)8-6-11/h2-3,5-9,14H,1H3. The Morgan fingerprint density at radius 2 is 1.79 bits per heavy atom. The van der Waals surface area contributed by atoms with Crippen LogP contribution in [0.1, 0.15) is 5.56 Å². The molecule has 1 heteroatoms. The average molecular weight is 183 g/mol. The first-order chi connectivity index (χ1) is 6.75. The fourth-order valence-corrected chi connectivity index (χ4v) is 1.39. The lowest BCUT2D eigenvalue weighted by Gasteiger charge is -2.02. The summed E-state index contributed by atoms with van der Waals surface area (Å²) < 4.78 is 0. The number of phenols is 1. The van der Waals surface area contributed by atoms with E-state index in [4.69, 9.17) is 5.11 Å². The minimum atomic E-state index is 0.293. The molecular formula is C13H11O. The summed E-state index contributed by atoms with van der Waals surface area (Å²) in [6.07, 6.45) is 0. The van der Waals surface area contributed by atoms with Crippen LogP contribution in [0.5, 0.6) is 5.75 Å². The summed E-state index contributed by atoms with van der Waals surface area (Å²) in [5.74, 6) is 0.293. The van der Waals surface area contributed by atoms with Crippen molar-refractivity contribution in [1.82, 2.24) is 0 Å². The SMILES string of the molecule is Cc1cc[c]c(-c2ccc(O)cc2)c1. The first-order valence-electron chi connectivity index (χ1n) is 4.53. The highest BCUT2D eigenvalue weighted by atomic mass is 16.3. The Labute approximate surface area is 83.6 Å². The van der Waals surface area contributed by atoms with Crippen molar-refractivity contribution in [2.45, 2.75) is 6.92 Å². The van der Waals surface area contributed by atoms with Gasteiger partial charge in [0.1, 0.15) is 5.75 Å². The normalized spacial score (nSPS) is 10.1. The van der Waals surface area contributed by atoms with Gasteiger partial charge in [0, 0.05) is 0 Å². The van der Waals surface area contributed by atoms with Crippen molar-refractivity contribution in [2.75, 3.05) is 0 Å². The van der Waals surface area contributed by atoms with Crippen molar-refractivity contribution in [1.29, 1.82) is 0 Å². The molecule has 0 atom stereocenters. The summed E-state index contributed by atoms with van der Waals surface area (Å²) in [7, 11) is 0. The van der Waals surface area contributed by atoms with Gasteiger partial charge in [-0.15, -0.1) is 0 Å². The van der Waals surface area contributed by atoms with Gasteiger partial charge >= 0.3 is 0 Å². The maximum absolute atomic E-state index is 9.15. The van der Waals surface area contributed by atoms with E-state index in [1.54, 1.807) is 12.1 Å². The van der Waals surface area contributed by atoms with Crippen LogP contribution < -0.4 is 0 Å². The quantitative estimate of drug-likeness (QED) is 0.720. The van der Waals surface area contributed by atoms with Crippen LogP contribution in [-0.4, -0.2) is 5.11 Å². The van der Waals surface area contributed by atoms with Crippen LogP contribution in [-0.2, 0) is 0 Å². The zero-order chi connectivity index (χ0) is 9.97. The first kappa shape index (κ1) is 8.82. The smallest absolute Gasteiger partial charge is 0.115 e. The molecule has 0 saturated carbocycles. The second kappa shape index (κ2) is 3.54. The molecule has 1 nitrogen and oxygen atoms in total. The summed E-state index contributed by atoms with van der Waals surface area (Å²) >= 11 is 0. The molecule has 1 N–H and O–H groups in total. The fraction of sp³-hybridized carbons (Fsp3) is 0.0769. The Morgan fingerprint density at radius 1 is 1.07 bits per heavy atom. The zero-order valence-electron chi connectivity index (χ0n) is 7.99. The van der Waals surface area contributed by atoms with E-state index < -0.39 is 0 Å². The summed E-state index contributed by atoms with van der Waals surface area (Å²) in [5, 5.41) is 9.15. The molecule has 1 radical (unpaired) electrons. The molecule has 0 unspecified atom stereocenters. The summed E-state index contributed by atoms with van der Waals surface area (Å²) in [6, 6.07) is 16.3. The Kier molecular flexibility index (Phi) is 2.23. The molecule has 0 fully saturated rings. The van der Waals surface area contributed by atoms with Gasteiger partial charge in [-0.25, -0.2) is 0 Å². The lowest BCUT2D eigenvalue weighted by Crippen LogP contribution is -1.78. The van der Waals surface area contributed by atoms with Crippen LogP contribution in [0.2, 0.25) is 0 Å². The van der Waals surface area contributed by atoms with Crippen LogP contribution in [0.15, 0.2) is 42.5 Å². The van der Waals surface area contributed by atoms with Crippen molar-refractivity contribution >= 4 is 0 Å². The van der Waals surface area contributed by atoms with Gasteiger partial charge in [0.2, 0.25) is 0 Å². The van der Waals surface area contributed by atoms with E-state index in [0.29, 0.717) is 5.75 Å². The molecule has 2 aromatic carbocycles. The number of benzene rings is 2. The number of aryl methyl sites for hydroxylation is 1. The van der Waals surface area contributed by atoms with Crippen LogP contribution >= 0.6 is 0 Å². The monoisotopic (exact) mass is 183 g/mol. The van der Waals surface area contributed by atoms with E-state index in [1.165, 1.54) is 5.56 Å². The van der Waals surface area contributed by atoms with E-state index in [2.05, 4.69) is 19.1 Å². The van der Waals surface area contributed by atoms with Crippen LogP contribution in [0.3, 0.4) is 0 Å². The molecule has 69 valence electrons.